The molecule has 1 heterocycles. The summed E-state index contributed by atoms with van der Waals surface area (Å²) in [5, 5.41) is 12.4. The van der Waals surface area contributed by atoms with Crippen molar-refractivity contribution < 1.29 is 19.4 Å². The predicted molar refractivity (Wildman–Crippen MR) is 175 cm³/mol. The molecule has 0 radical (unpaired) electrons. The van der Waals surface area contributed by atoms with Crippen LogP contribution in [0.3, 0.4) is 0 Å². The molecule has 7 nitrogen and oxygen atoms in total. The standard InChI is InChI=1S/C37H43N3O4/c1-5-6-7-8-9-22-44-32-20-16-28(17-21-32)34-38-24-30(25-39-34)27-12-10-26(11-13-27)23-33(36(42)43)40-35(41)29-14-18-31(19-15-29)37(2,3)4/h10-21,24-25,33H,5-9,22-23H2,1-4H3,(H,40,41)(H,42,43)/t33-/m0/s1. The molecule has 4 aromatic rings. The van der Waals surface area contributed by atoms with Crippen molar-refractivity contribution in [3.63, 3.8) is 0 Å². The molecule has 1 aromatic heterocycles. The minimum absolute atomic E-state index is 0.0341. The van der Waals surface area contributed by atoms with E-state index < -0.39 is 17.9 Å². The molecule has 0 spiro atoms. The second kappa shape index (κ2) is 15.3. The Labute approximate surface area is 260 Å². The highest BCUT2D eigenvalue weighted by molar-refractivity contribution is 5.96. The average molecular weight is 594 g/mol. The van der Waals surface area contributed by atoms with E-state index >= 15 is 0 Å². The van der Waals surface area contributed by atoms with Gasteiger partial charge in [0, 0.05) is 35.5 Å². The number of ether oxygens (including phenoxy) is 1. The largest absolute Gasteiger partial charge is 0.494 e. The SMILES string of the molecule is CCCCCCCOc1ccc(-c2ncc(-c3ccc(C[C@H](NC(=O)c4ccc(C(C)(C)C)cc4)C(=O)O)cc3)cn2)cc1. The predicted octanol–water partition coefficient (Wildman–Crippen LogP) is 7.88. The van der Waals surface area contributed by atoms with Gasteiger partial charge >= 0.3 is 5.97 Å². The zero-order valence-corrected chi connectivity index (χ0v) is 26.2. The van der Waals surface area contributed by atoms with Crippen LogP contribution < -0.4 is 10.1 Å². The van der Waals surface area contributed by atoms with Crippen molar-refractivity contribution >= 4 is 11.9 Å². The smallest absolute Gasteiger partial charge is 0.326 e. The molecule has 3 aromatic carbocycles. The van der Waals surface area contributed by atoms with E-state index in [0.717, 1.165) is 46.6 Å². The third-order valence-electron chi connectivity index (χ3n) is 7.62. The molecule has 0 aliphatic carbocycles. The van der Waals surface area contributed by atoms with E-state index in [2.05, 4.69) is 43.0 Å². The normalized spacial score (nSPS) is 12.0. The van der Waals surface area contributed by atoms with Crippen LogP contribution in [-0.4, -0.2) is 39.6 Å². The monoisotopic (exact) mass is 593 g/mol. The molecule has 1 amide bonds. The molecule has 1 atom stereocenters. The molecule has 0 unspecified atom stereocenters. The Balaban J connectivity index is 1.32. The Morgan fingerprint density at radius 1 is 0.795 bits per heavy atom. The number of carboxylic acid groups (broad SMARTS) is 1. The number of hydrogen-bond acceptors (Lipinski definition) is 5. The first-order valence-electron chi connectivity index (χ1n) is 15.4. The van der Waals surface area contributed by atoms with Crippen LogP contribution in [0.25, 0.3) is 22.5 Å². The highest BCUT2D eigenvalue weighted by Crippen LogP contribution is 2.24. The number of rotatable bonds is 14. The average Bonchev–Trinajstić information content (AvgIpc) is 3.03. The summed E-state index contributed by atoms with van der Waals surface area (Å²) >= 11 is 0. The zero-order valence-electron chi connectivity index (χ0n) is 26.2. The molecule has 0 bridgehead atoms. The maximum absolute atomic E-state index is 12.8. The molecule has 2 N–H and O–H groups in total. The molecule has 4 rings (SSSR count). The number of carboxylic acids is 1. The zero-order chi connectivity index (χ0) is 31.5. The Hall–Kier alpha value is -4.52. The third kappa shape index (κ3) is 9.24. The van der Waals surface area contributed by atoms with Crippen molar-refractivity contribution in [2.75, 3.05) is 6.61 Å². The molecular weight excluding hydrogens is 550 g/mol. The lowest BCUT2D eigenvalue weighted by molar-refractivity contribution is -0.139. The van der Waals surface area contributed by atoms with Crippen LogP contribution in [0.15, 0.2) is 85.2 Å². The fourth-order valence-corrected chi connectivity index (χ4v) is 4.85. The van der Waals surface area contributed by atoms with Gasteiger partial charge in [0.15, 0.2) is 5.82 Å². The van der Waals surface area contributed by atoms with Gasteiger partial charge in [0.1, 0.15) is 11.8 Å². The van der Waals surface area contributed by atoms with Gasteiger partial charge in [0.2, 0.25) is 0 Å². The lowest BCUT2D eigenvalue weighted by Gasteiger charge is -2.19. The molecule has 0 fully saturated rings. The summed E-state index contributed by atoms with van der Waals surface area (Å²) in [5.74, 6) is -0.0172. The molecule has 0 aliphatic heterocycles. The van der Waals surface area contributed by atoms with E-state index in [1.54, 1.807) is 24.5 Å². The second-order valence-electron chi connectivity index (χ2n) is 12.2. The van der Waals surface area contributed by atoms with Crippen LogP contribution in [0.2, 0.25) is 0 Å². The van der Waals surface area contributed by atoms with Gasteiger partial charge in [-0.1, -0.05) is 89.8 Å². The van der Waals surface area contributed by atoms with Gasteiger partial charge in [-0.25, -0.2) is 14.8 Å². The molecule has 7 heteroatoms. The quantitative estimate of drug-likeness (QED) is 0.144. The Kier molecular flexibility index (Phi) is 11.2. The second-order valence-corrected chi connectivity index (χ2v) is 12.2. The van der Waals surface area contributed by atoms with Gasteiger partial charge in [0.25, 0.3) is 5.91 Å². The number of nitrogens with one attached hydrogen (secondary N) is 1. The van der Waals surface area contributed by atoms with Gasteiger partial charge in [-0.2, -0.15) is 0 Å². The summed E-state index contributed by atoms with van der Waals surface area (Å²) in [7, 11) is 0. The highest BCUT2D eigenvalue weighted by atomic mass is 16.5. The van der Waals surface area contributed by atoms with Crippen LogP contribution in [0, 0.1) is 0 Å². The Morgan fingerprint density at radius 2 is 1.41 bits per heavy atom. The lowest BCUT2D eigenvalue weighted by Crippen LogP contribution is -2.42. The van der Waals surface area contributed by atoms with Crippen LogP contribution in [-0.2, 0) is 16.6 Å². The minimum Gasteiger partial charge on any atom is -0.494 e. The summed E-state index contributed by atoms with van der Waals surface area (Å²) < 4.78 is 5.86. The topological polar surface area (TPSA) is 101 Å². The number of benzene rings is 3. The first-order chi connectivity index (χ1) is 21.1. The summed E-state index contributed by atoms with van der Waals surface area (Å²) in [6, 6.07) is 21.6. The highest BCUT2D eigenvalue weighted by Gasteiger charge is 2.22. The summed E-state index contributed by atoms with van der Waals surface area (Å²) in [4.78, 5) is 33.9. The molecule has 0 saturated heterocycles. The summed E-state index contributed by atoms with van der Waals surface area (Å²) in [6.45, 7) is 9.24. The summed E-state index contributed by atoms with van der Waals surface area (Å²) in [5.41, 5.74) is 4.97. The first-order valence-corrected chi connectivity index (χ1v) is 15.4. The number of nitrogens with zero attached hydrogens (tertiary/aromatic N) is 2. The number of amides is 1. The Bertz CT molecular complexity index is 1490. The van der Waals surface area contributed by atoms with Gasteiger partial charge in [-0.15, -0.1) is 0 Å². The van der Waals surface area contributed by atoms with Gasteiger partial charge in [-0.05, 0) is 64.9 Å². The molecule has 0 aliphatic rings. The van der Waals surface area contributed by atoms with Gasteiger partial charge < -0.3 is 15.2 Å². The number of hydrogen-bond donors (Lipinski definition) is 2. The van der Waals surface area contributed by atoms with Crippen molar-refractivity contribution in [3.05, 3.63) is 102 Å². The van der Waals surface area contributed by atoms with E-state index in [9.17, 15) is 14.7 Å². The summed E-state index contributed by atoms with van der Waals surface area (Å²) in [6.07, 6.45) is 9.77. The van der Waals surface area contributed by atoms with E-state index in [-0.39, 0.29) is 11.8 Å². The maximum Gasteiger partial charge on any atom is 0.326 e. The fourth-order valence-electron chi connectivity index (χ4n) is 4.85. The molecular formula is C37H43N3O4. The van der Waals surface area contributed by atoms with Gasteiger partial charge in [0.05, 0.1) is 6.61 Å². The third-order valence-corrected chi connectivity index (χ3v) is 7.62. The van der Waals surface area contributed by atoms with Crippen molar-refractivity contribution in [2.45, 2.75) is 77.7 Å². The van der Waals surface area contributed by atoms with Crippen LogP contribution in [0.1, 0.15) is 81.3 Å². The van der Waals surface area contributed by atoms with Crippen molar-refractivity contribution in [2.24, 2.45) is 0 Å². The van der Waals surface area contributed by atoms with E-state index in [0.29, 0.717) is 11.4 Å². The first kappa shape index (κ1) is 32.4. The van der Waals surface area contributed by atoms with E-state index in [4.69, 9.17) is 4.74 Å². The van der Waals surface area contributed by atoms with Crippen LogP contribution >= 0.6 is 0 Å². The minimum atomic E-state index is -1.08. The molecule has 230 valence electrons. The van der Waals surface area contributed by atoms with Crippen molar-refractivity contribution in [1.29, 1.82) is 0 Å². The number of carbonyl (C=O) groups is 2. The van der Waals surface area contributed by atoms with Crippen LogP contribution in [0.5, 0.6) is 5.75 Å². The Morgan fingerprint density at radius 3 is 2.00 bits per heavy atom. The molecule has 44 heavy (non-hydrogen) atoms. The number of aromatic nitrogens is 2. The van der Waals surface area contributed by atoms with E-state index in [1.165, 1.54) is 25.7 Å². The lowest BCUT2D eigenvalue weighted by atomic mass is 9.86. The number of aliphatic carboxylic acids is 1. The van der Waals surface area contributed by atoms with Crippen LogP contribution in [0.4, 0.5) is 0 Å². The van der Waals surface area contributed by atoms with Crippen molar-refractivity contribution in [1.82, 2.24) is 15.3 Å². The maximum atomic E-state index is 12.8. The van der Waals surface area contributed by atoms with Crippen molar-refractivity contribution in [3.8, 4) is 28.3 Å². The molecule has 0 saturated carbocycles. The van der Waals surface area contributed by atoms with Gasteiger partial charge in [-0.3, -0.25) is 4.79 Å². The number of carbonyl (C=O) groups excluding carboxylic acids is 1. The van der Waals surface area contributed by atoms with E-state index in [1.807, 2.05) is 60.7 Å². The number of unbranched alkanes of at least 4 members (excludes halogenated alkanes) is 4. The fraction of sp³-hybridized carbons (Fsp3) is 0.351.